The van der Waals surface area contributed by atoms with Crippen molar-refractivity contribution in [2.24, 2.45) is 0 Å². The van der Waals surface area contributed by atoms with E-state index in [0.29, 0.717) is 13.1 Å². The van der Waals surface area contributed by atoms with Crippen molar-refractivity contribution in [1.82, 2.24) is 4.90 Å². The first kappa shape index (κ1) is 22.5. The lowest BCUT2D eigenvalue weighted by Crippen LogP contribution is -2.55. The van der Waals surface area contributed by atoms with Gasteiger partial charge < -0.3 is 4.74 Å². The highest BCUT2D eigenvalue weighted by atomic mass is 35.5. The number of alkyl halides is 3. The Bertz CT molecular complexity index is 922. The zero-order chi connectivity index (χ0) is 20.4. The van der Waals surface area contributed by atoms with E-state index in [2.05, 4.69) is 29.2 Å². The summed E-state index contributed by atoms with van der Waals surface area (Å²) >= 11 is 6.01. The Kier molecular flexibility index (Phi) is 6.96. The van der Waals surface area contributed by atoms with Crippen LogP contribution >= 0.6 is 24.0 Å². The molecule has 30 heavy (non-hydrogen) atoms. The molecule has 0 spiro atoms. The van der Waals surface area contributed by atoms with Gasteiger partial charge >= 0.3 is 6.18 Å². The first-order valence-electron chi connectivity index (χ1n) is 9.29. The van der Waals surface area contributed by atoms with Crippen LogP contribution in [0.15, 0.2) is 78.9 Å². The van der Waals surface area contributed by atoms with Crippen LogP contribution in [0.1, 0.15) is 22.7 Å². The molecule has 7 heteroatoms. The lowest BCUT2D eigenvalue weighted by molar-refractivity contribution is -0.137. The fraction of sp³-hybridized carbons (Fsp3) is 0.217. The van der Waals surface area contributed by atoms with E-state index in [1.165, 1.54) is 17.2 Å². The van der Waals surface area contributed by atoms with Crippen molar-refractivity contribution in [2.75, 3.05) is 13.1 Å². The Morgan fingerprint density at radius 3 is 1.87 bits per heavy atom. The minimum absolute atomic E-state index is 0. The van der Waals surface area contributed by atoms with E-state index in [-0.39, 0.29) is 35.3 Å². The number of benzene rings is 3. The van der Waals surface area contributed by atoms with Gasteiger partial charge in [-0.15, -0.1) is 12.4 Å². The Balaban J connectivity index is 0.00000256. The second kappa shape index (κ2) is 9.29. The molecule has 3 aromatic carbocycles. The lowest BCUT2D eigenvalue weighted by atomic mass is 9.94. The van der Waals surface area contributed by atoms with Gasteiger partial charge in [0.25, 0.3) is 0 Å². The largest absolute Gasteiger partial charge is 0.486 e. The molecule has 158 valence electrons. The Morgan fingerprint density at radius 1 is 0.867 bits per heavy atom. The maximum absolute atomic E-state index is 12.8. The molecule has 0 N–H and O–H groups in total. The maximum atomic E-state index is 12.8. The van der Waals surface area contributed by atoms with Gasteiger partial charge in [-0.2, -0.15) is 13.2 Å². The van der Waals surface area contributed by atoms with Crippen LogP contribution in [0.25, 0.3) is 0 Å². The number of hydrogen-bond acceptors (Lipinski definition) is 2. The molecular weight excluding hydrogens is 434 g/mol. The summed E-state index contributed by atoms with van der Waals surface area (Å²) in [6, 6.07) is 23.7. The van der Waals surface area contributed by atoms with Gasteiger partial charge in [-0.3, -0.25) is 4.90 Å². The summed E-state index contributed by atoms with van der Waals surface area (Å²) in [5.74, 6) is 0.278. The molecule has 0 amide bonds. The summed E-state index contributed by atoms with van der Waals surface area (Å²) in [5, 5.41) is -0.0269. The average molecular weight is 454 g/mol. The topological polar surface area (TPSA) is 12.5 Å². The summed E-state index contributed by atoms with van der Waals surface area (Å²) in [4.78, 5) is 2.29. The maximum Gasteiger partial charge on any atom is 0.416 e. The zero-order valence-corrected chi connectivity index (χ0v) is 17.4. The number of halogens is 5. The standard InChI is InChI=1S/C23H19ClF3NO.ClH/c24-20-13-18(23(25,26)27)11-12-21(20)29-19-14-28(15-19)22(16-7-3-1-4-8-16)17-9-5-2-6-10-17;/h1-13,19,22H,14-15H2;1H. The summed E-state index contributed by atoms with van der Waals surface area (Å²) in [6.07, 6.45) is -4.55. The predicted octanol–water partition coefficient (Wildman–Crippen LogP) is 6.63. The highest BCUT2D eigenvalue weighted by Gasteiger charge is 2.36. The molecule has 0 unspecified atom stereocenters. The van der Waals surface area contributed by atoms with Gasteiger partial charge in [0.05, 0.1) is 16.6 Å². The van der Waals surface area contributed by atoms with Crippen molar-refractivity contribution in [3.8, 4) is 5.75 Å². The third kappa shape index (κ3) is 4.91. The van der Waals surface area contributed by atoms with Crippen LogP contribution in [0, 0.1) is 0 Å². The number of hydrogen-bond donors (Lipinski definition) is 0. The number of ether oxygens (including phenoxy) is 1. The van der Waals surface area contributed by atoms with Crippen LogP contribution in [0.2, 0.25) is 5.02 Å². The van der Waals surface area contributed by atoms with E-state index in [4.69, 9.17) is 16.3 Å². The zero-order valence-electron chi connectivity index (χ0n) is 15.9. The molecule has 0 saturated carbocycles. The number of likely N-dealkylation sites (tertiary alicyclic amines) is 1. The van der Waals surface area contributed by atoms with Gasteiger partial charge in [0, 0.05) is 13.1 Å². The Labute approximate surface area is 184 Å². The molecule has 3 aromatic rings. The Hall–Kier alpha value is -2.21. The molecule has 1 aliphatic heterocycles. The summed E-state index contributed by atoms with van der Waals surface area (Å²) in [7, 11) is 0. The smallest absolute Gasteiger partial charge is 0.416 e. The van der Waals surface area contributed by atoms with Crippen LogP contribution in [0.3, 0.4) is 0 Å². The van der Waals surface area contributed by atoms with E-state index < -0.39 is 11.7 Å². The summed E-state index contributed by atoms with van der Waals surface area (Å²) in [6.45, 7) is 1.32. The Morgan fingerprint density at radius 2 is 1.40 bits per heavy atom. The first-order chi connectivity index (χ1) is 13.9. The second-order valence-electron chi connectivity index (χ2n) is 7.06. The monoisotopic (exact) mass is 453 g/mol. The molecule has 0 aliphatic carbocycles. The molecular formula is C23H20Cl2F3NO. The highest BCUT2D eigenvalue weighted by molar-refractivity contribution is 6.32. The van der Waals surface area contributed by atoms with Crippen molar-refractivity contribution in [2.45, 2.75) is 18.3 Å². The van der Waals surface area contributed by atoms with Gasteiger partial charge in [-0.25, -0.2) is 0 Å². The quantitative estimate of drug-likeness (QED) is 0.429. The van der Waals surface area contributed by atoms with Crippen molar-refractivity contribution < 1.29 is 17.9 Å². The van der Waals surface area contributed by atoms with Crippen LogP contribution in [-0.4, -0.2) is 24.1 Å². The molecule has 4 rings (SSSR count). The van der Waals surface area contributed by atoms with Gasteiger partial charge in [-0.1, -0.05) is 72.3 Å². The van der Waals surface area contributed by atoms with Crippen molar-refractivity contribution in [1.29, 1.82) is 0 Å². The molecule has 1 fully saturated rings. The minimum atomic E-state index is -4.42. The molecule has 0 radical (unpaired) electrons. The first-order valence-corrected chi connectivity index (χ1v) is 9.67. The van der Waals surface area contributed by atoms with Crippen LogP contribution in [0.4, 0.5) is 13.2 Å². The lowest BCUT2D eigenvalue weighted by Gasteiger charge is -2.44. The third-order valence-electron chi connectivity index (χ3n) is 5.02. The van der Waals surface area contributed by atoms with Crippen LogP contribution in [0.5, 0.6) is 5.75 Å². The van der Waals surface area contributed by atoms with Gasteiger partial charge in [-0.05, 0) is 29.3 Å². The van der Waals surface area contributed by atoms with E-state index in [1.54, 1.807) is 0 Å². The van der Waals surface area contributed by atoms with Crippen LogP contribution < -0.4 is 4.74 Å². The normalized spacial score (nSPS) is 14.8. The molecule has 1 heterocycles. The molecule has 0 bridgehead atoms. The van der Waals surface area contributed by atoms with Gasteiger partial charge in [0.15, 0.2) is 0 Å². The fourth-order valence-corrected chi connectivity index (χ4v) is 3.82. The number of nitrogens with zero attached hydrogens (tertiary/aromatic N) is 1. The summed E-state index contributed by atoms with van der Waals surface area (Å²) < 4.78 is 44.2. The highest BCUT2D eigenvalue weighted by Crippen LogP contribution is 2.37. The SMILES string of the molecule is Cl.FC(F)(F)c1ccc(OC2CN(C(c3ccccc3)c3ccccc3)C2)c(Cl)c1. The van der Waals surface area contributed by atoms with E-state index in [9.17, 15) is 13.2 Å². The fourth-order valence-electron chi connectivity index (χ4n) is 3.59. The second-order valence-corrected chi connectivity index (χ2v) is 7.47. The summed E-state index contributed by atoms with van der Waals surface area (Å²) in [5.41, 5.74) is 1.59. The van der Waals surface area contributed by atoms with E-state index in [1.807, 2.05) is 36.4 Å². The van der Waals surface area contributed by atoms with Crippen LogP contribution in [-0.2, 0) is 6.18 Å². The average Bonchev–Trinajstić information content (AvgIpc) is 2.68. The molecule has 2 nitrogen and oxygen atoms in total. The van der Waals surface area contributed by atoms with Gasteiger partial charge in [0.1, 0.15) is 11.9 Å². The van der Waals surface area contributed by atoms with Crippen molar-refractivity contribution in [3.63, 3.8) is 0 Å². The molecule has 0 atom stereocenters. The van der Waals surface area contributed by atoms with Crippen molar-refractivity contribution in [3.05, 3.63) is 101 Å². The van der Waals surface area contributed by atoms with Crippen molar-refractivity contribution >= 4 is 24.0 Å². The molecule has 1 aliphatic rings. The third-order valence-corrected chi connectivity index (χ3v) is 5.32. The molecule has 0 aromatic heterocycles. The predicted molar refractivity (Wildman–Crippen MR) is 114 cm³/mol. The van der Waals surface area contributed by atoms with Gasteiger partial charge in [0.2, 0.25) is 0 Å². The number of rotatable bonds is 5. The molecule has 1 saturated heterocycles. The van der Waals surface area contributed by atoms with E-state index >= 15 is 0 Å². The minimum Gasteiger partial charge on any atom is -0.486 e. The van der Waals surface area contributed by atoms with E-state index in [0.717, 1.165) is 12.1 Å².